The number of nitrogens with zero attached hydrogens (tertiary/aromatic N) is 2. The average molecular weight is 377 g/mol. The van der Waals surface area contributed by atoms with Gasteiger partial charge in [-0.2, -0.15) is 0 Å². The van der Waals surface area contributed by atoms with E-state index in [-0.39, 0.29) is 18.0 Å². The van der Waals surface area contributed by atoms with Gasteiger partial charge in [0, 0.05) is 35.6 Å². The molecule has 28 heavy (non-hydrogen) atoms. The lowest BCUT2D eigenvalue weighted by Crippen LogP contribution is -2.31. The fraction of sp³-hybridized carbons (Fsp3) is 0.227. The second kappa shape index (κ2) is 8.99. The predicted octanol–water partition coefficient (Wildman–Crippen LogP) is 4.47. The molecule has 0 spiro atoms. The second-order valence-corrected chi connectivity index (χ2v) is 6.40. The van der Waals surface area contributed by atoms with Crippen molar-refractivity contribution in [1.29, 1.82) is 0 Å². The smallest absolute Gasteiger partial charge is 0.321 e. The number of aromatic nitrogens is 2. The number of rotatable bonds is 7. The fourth-order valence-electron chi connectivity index (χ4n) is 2.54. The molecule has 0 aliphatic rings. The van der Waals surface area contributed by atoms with Crippen LogP contribution in [0.2, 0.25) is 0 Å². The van der Waals surface area contributed by atoms with E-state index >= 15 is 0 Å². The highest BCUT2D eigenvalue weighted by molar-refractivity contribution is 5.95. The Morgan fingerprint density at radius 2 is 1.75 bits per heavy atom. The molecule has 0 saturated heterocycles. The third-order valence-corrected chi connectivity index (χ3v) is 4.33. The maximum Gasteiger partial charge on any atom is 0.321 e. The lowest BCUT2D eigenvalue weighted by Gasteiger charge is -2.12. The summed E-state index contributed by atoms with van der Waals surface area (Å²) in [5.41, 5.74) is 2.27. The number of carbonyl (C=O) groups is 1. The van der Waals surface area contributed by atoms with Crippen LogP contribution in [-0.4, -0.2) is 29.0 Å². The molecule has 1 N–H and O–H groups in total. The van der Waals surface area contributed by atoms with E-state index < -0.39 is 0 Å². The number of carbonyl (C=O) groups excluding carboxylic acids is 1. The molecule has 2 aromatic carbocycles. The minimum absolute atomic E-state index is 0.0879. The van der Waals surface area contributed by atoms with E-state index in [2.05, 4.69) is 15.3 Å². The molecule has 0 aliphatic carbocycles. The van der Waals surface area contributed by atoms with Gasteiger partial charge >= 0.3 is 6.01 Å². The first kappa shape index (κ1) is 19.4. The topological polar surface area (TPSA) is 73.3 Å². The van der Waals surface area contributed by atoms with Crippen molar-refractivity contribution >= 4 is 5.91 Å². The van der Waals surface area contributed by atoms with Gasteiger partial charge < -0.3 is 14.8 Å². The normalized spacial score (nSPS) is 11.5. The first-order valence-corrected chi connectivity index (χ1v) is 9.14. The summed E-state index contributed by atoms with van der Waals surface area (Å²) in [6.07, 6.45) is 4.23. The number of hydrogen-bond donors (Lipinski definition) is 1. The van der Waals surface area contributed by atoms with Gasteiger partial charge in [-0.1, -0.05) is 25.1 Å². The Bertz CT molecular complexity index is 942. The van der Waals surface area contributed by atoms with E-state index in [1.54, 1.807) is 37.7 Å². The SMILES string of the molecule is CCC(C)NC(=O)c1cccc(-c2cnc(Oc3cccc(OC)c3)nc2)c1. The zero-order valence-electron chi connectivity index (χ0n) is 16.2. The highest BCUT2D eigenvalue weighted by atomic mass is 16.5. The number of methoxy groups -OCH3 is 1. The molecule has 1 aromatic heterocycles. The third-order valence-electron chi connectivity index (χ3n) is 4.33. The Labute approximate surface area is 164 Å². The van der Waals surface area contributed by atoms with Crippen molar-refractivity contribution in [3.05, 3.63) is 66.5 Å². The Balaban J connectivity index is 1.74. The van der Waals surface area contributed by atoms with Crippen LogP contribution in [0.25, 0.3) is 11.1 Å². The van der Waals surface area contributed by atoms with Crippen molar-refractivity contribution < 1.29 is 14.3 Å². The quantitative estimate of drug-likeness (QED) is 0.657. The van der Waals surface area contributed by atoms with Crippen LogP contribution in [0, 0.1) is 0 Å². The number of nitrogens with one attached hydrogen (secondary N) is 1. The maximum absolute atomic E-state index is 12.3. The van der Waals surface area contributed by atoms with Crippen LogP contribution in [0.15, 0.2) is 60.9 Å². The lowest BCUT2D eigenvalue weighted by molar-refractivity contribution is 0.0939. The summed E-state index contributed by atoms with van der Waals surface area (Å²) in [7, 11) is 1.60. The molecule has 6 nitrogen and oxygen atoms in total. The van der Waals surface area contributed by atoms with Crippen molar-refractivity contribution in [2.24, 2.45) is 0 Å². The molecule has 6 heteroatoms. The highest BCUT2D eigenvalue weighted by Gasteiger charge is 2.10. The van der Waals surface area contributed by atoms with Gasteiger partial charge in [0.05, 0.1) is 7.11 Å². The predicted molar refractivity (Wildman–Crippen MR) is 108 cm³/mol. The summed E-state index contributed by atoms with van der Waals surface area (Å²) in [5, 5.41) is 2.97. The van der Waals surface area contributed by atoms with E-state index in [4.69, 9.17) is 9.47 Å². The minimum Gasteiger partial charge on any atom is -0.497 e. The number of hydrogen-bond acceptors (Lipinski definition) is 5. The lowest BCUT2D eigenvalue weighted by atomic mass is 10.1. The molecule has 0 fully saturated rings. The number of benzene rings is 2. The molecule has 144 valence electrons. The molecule has 1 amide bonds. The van der Waals surface area contributed by atoms with Crippen LogP contribution >= 0.6 is 0 Å². The van der Waals surface area contributed by atoms with Gasteiger partial charge in [-0.25, -0.2) is 9.97 Å². The molecule has 0 saturated carbocycles. The van der Waals surface area contributed by atoms with Gasteiger partial charge in [0.15, 0.2) is 0 Å². The highest BCUT2D eigenvalue weighted by Crippen LogP contribution is 2.24. The van der Waals surface area contributed by atoms with Crippen LogP contribution in [0.3, 0.4) is 0 Å². The Kier molecular flexibility index (Phi) is 6.22. The number of ether oxygens (including phenoxy) is 2. The van der Waals surface area contributed by atoms with Crippen LogP contribution < -0.4 is 14.8 Å². The monoisotopic (exact) mass is 377 g/mol. The Morgan fingerprint density at radius 3 is 2.46 bits per heavy atom. The molecule has 1 atom stereocenters. The Hall–Kier alpha value is -3.41. The van der Waals surface area contributed by atoms with E-state index in [1.165, 1.54) is 0 Å². The van der Waals surface area contributed by atoms with E-state index in [9.17, 15) is 4.79 Å². The first-order valence-electron chi connectivity index (χ1n) is 9.14. The van der Waals surface area contributed by atoms with Gasteiger partial charge in [-0.15, -0.1) is 0 Å². The van der Waals surface area contributed by atoms with E-state index in [0.29, 0.717) is 17.1 Å². The van der Waals surface area contributed by atoms with Gasteiger partial charge in [-0.3, -0.25) is 4.79 Å². The molecular formula is C22H23N3O3. The van der Waals surface area contributed by atoms with Crippen LogP contribution in [0.1, 0.15) is 30.6 Å². The number of amides is 1. The van der Waals surface area contributed by atoms with Gasteiger partial charge in [0.25, 0.3) is 5.91 Å². The molecule has 0 aliphatic heterocycles. The summed E-state index contributed by atoms with van der Waals surface area (Å²) >= 11 is 0. The van der Waals surface area contributed by atoms with E-state index in [1.807, 2.05) is 44.2 Å². The summed E-state index contributed by atoms with van der Waals surface area (Å²) in [6, 6.07) is 15.0. The van der Waals surface area contributed by atoms with Crippen molar-refractivity contribution in [3.8, 4) is 28.6 Å². The molecule has 0 bridgehead atoms. The van der Waals surface area contributed by atoms with Crippen LogP contribution in [0.4, 0.5) is 0 Å². The first-order chi connectivity index (χ1) is 13.6. The maximum atomic E-state index is 12.3. The van der Waals surface area contributed by atoms with Crippen molar-refractivity contribution in [1.82, 2.24) is 15.3 Å². The summed E-state index contributed by atoms with van der Waals surface area (Å²) in [4.78, 5) is 20.9. The average Bonchev–Trinajstić information content (AvgIpc) is 2.74. The fourth-order valence-corrected chi connectivity index (χ4v) is 2.54. The van der Waals surface area contributed by atoms with Crippen molar-refractivity contribution in [2.45, 2.75) is 26.3 Å². The minimum atomic E-state index is -0.0879. The summed E-state index contributed by atoms with van der Waals surface area (Å²) in [5.74, 6) is 1.20. The Morgan fingerprint density at radius 1 is 1.04 bits per heavy atom. The van der Waals surface area contributed by atoms with Crippen molar-refractivity contribution in [3.63, 3.8) is 0 Å². The third kappa shape index (κ3) is 4.85. The van der Waals surface area contributed by atoms with Crippen LogP contribution in [-0.2, 0) is 0 Å². The molecular weight excluding hydrogens is 354 g/mol. The standard InChI is InChI=1S/C22H23N3O3/c1-4-15(2)25-21(26)17-8-5-7-16(11-17)18-13-23-22(24-14-18)28-20-10-6-9-19(12-20)27-3/h5-15H,4H2,1-3H3,(H,25,26). The summed E-state index contributed by atoms with van der Waals surface area (Å²) < 4.78 is 10.8. The van der Waals surface area contributed by atoms with Crippen molar-refractivity contribution in [2.75, 3.05) is 7.11 Å². The van der Waals surface area contributed by atoms with Gasteiger partial charge in [-0.05, 0) is 43.2 Å². The van der Waals surface area contributed by atoms with Gasteiger partial charge in [0.1, 0.15) is 11.5 Å². The van der Waals surface area contributed by atoms with Crippen LogP contribution in [0.5, 0.6) is 17.5 Å². The zero-order valence-corrected chi connectivity index (χ0v) is 16.2. The molecule has 0 radical (unpaired) electrons. The summed E-state index contributed by atoms with van der Waals surface area (Å²) in [6.45, 7) is 4.02. The zero-order chi connectivity index (χ0) is 19.9. The van der Waals surface area contributed by atoms with E-state index in [0.717, 1.165) is 17.5 Å². The largest absolute Gasteiger partial charge is 0.497 e. The molecule has 3 rings (SSSR count). The molecule has 3 aromatic rings. The second-order valence-electron chi connectivity index (χ2n) is 6.40. The molecule has 1 unspecified atom stereocenters. The molecule has 1 heterocycles. The van der Waals surface area contributed by atoms with Gasteiger partial charge in [0.2, 0.25) is 0 Å².